The molecule has 0 unspecified atom stereocenters. The summed E-state index contributed by atoms with van der Waals surface area (Å²) in [4.78, 5) is 49.7. The van der Waals surface area contributed by atoms with Crippen molar-refractivity contribution in [3.8, 4) is 0 Å². The summed E-state index contributed by atoms with van der Waals surface area (Å²) in [5.74, 6) is -3.92. The Kier molecular flexibility index (Phi) is 3.30. The molecule has 2 saturated heterocycles. The molecule has 136 valence electrons. The van der Waals surface area contributed by atoms with E-state index in [4.69, 9.17) is 4.74 Å². The van der Waals surface area contributed by atoms with Crippen molar-refractivity contribution in [3.05, 3.63) is 35.4 Å². The predicted octanol–water partition coefficient (Wildman–Crippen LogP) is -0.819. The quantitative estimate of drug-likeness (QED) is 0.383. The van der Waals surface area contributed by atoms with Crippen molar-refractivity contribution in [1.82, 2.24) is 9.80 Å². The van der Waals surface area contributed by atoms with Crippen molar-refractivity contribution in [2.75, 3.05) is 18.9 Å². The molecular formula is C16H14N2O7S. The van der Waals surface area contributed by atoms with Crippen LogP contribution in [-0.2, 0) is 24.2 Å². The number of amides is 3. The number of benzene rings is 1. The first kappa shape index (κ1) is 16.7. The molecule has 3 aliphatic rings. The van der Waals surface area contributed by atoms with E-state index in [9.17, 15) is 27.6 Å². The maximum atomic E-state index is 12.7. The van der Waals surface area contributed by atoms with E-state index in [1.807, 2.05) is 0 Å². The molecular weight excluding hydrogens is 364 g/mol. The first-order valence-corrected chi connectivity index (χ1v) is 9.62. The van der Waals surface area contributed by atoms with Crippen LogP contribution in [0.3, 0.4) is 0 Å². The zero-order valence-electron chi connectivity index (χ0n) is 13.7. The summed E-state index contributed by atoms with van der Waals surface area (Å²) in [6.07, 6.45) is 0. The maximum absolute atomic E-state index is 12.7. The number of esters is 1. The van der Waals surface area contributed by atoms with Crippen molar-refractivity contribution in [1.29, 1.82) is 0 Å². The van der Waals surface area contributed by atoms with Gasteiger partial charge in [0.25, 0.3) is 22.6 Å². The average Bonchev–Trinajstić information content (AvgIpc) is 2.99. The first-order valence-electron chi connectivity index (χ1n) is 7.97. The van der Waals surface area contributed by atoms with Gasteiger partial charge < -0.3 is 9.64 Å². The van der Waals surface area contributed by atoms with Crippen LogP contribution in [0.1, 0.15) is 27.6 Å². The van der Waals surface area contributed by atoms with E-state index in [-0.39, 0.29) is 24.3 Å². The molecule has 9 nitrogen and oxygen atoms in total. The second-order valence-corrected chi connectivity index (χ2v) is 8.41. The van der Waals surface area contributed by atoms with Gasteiger partial charge in [0.1, 0.15) is 0 Å². The summed E-state index contributed by atoms with van der Waals surface area (Å²) in [6.45, 7) is 1.21. The number of ether oxygens (including phenoxy) is 1. The number of hydrogen-bond acceptors (Lipinski definition) is 7. The van der Waals surface area contributed by atoms with Gasteiger partial charge in [-0.15, -0.1) is 0 Å². The van der Waals surface area contributed by atoms with Crippen LogP contribution in [0.4, 0.5) is 0 Å². The topological polar surface area (TPSA) is 118 Å². The lowest BCUT2D eigenvalue weighted by molar-refractivity contribution is -0.176. The second kappa shape index (κ2) is 5.13. The molecule has 1 aromatic carbocycles. The first-order chi connectivity index (χ1) is 12.3. The largest absolute Gasteiger partial charge is 0.463 e. The molecule has 0 spiro atoms. The van der Waals surface area contributed by atoms with E-state index in [1.54, 1.807) is 12.1 Å². The number of imide groups is 1. The average molecular weight is 378 g/mol. The molecule has 2 fully saturated rings. The number of sulfone groups is 1. The lowest BCUT2D eigenvalue weighted by atomic mass is 9.92. The Labute approximate surface area is 148 Å². The lowest BCUT2D eigenvalue weighted by Crippen LogP contribution is -2.82. The highest BCUT2D eigenvalue weighted by Gasteiger charge is 2.79. The third kappa shape index (κ3) is 1.67. The van der Waals surface area contributed by atoms with E-state index < -0.39 is 50.2 Å². The smallest absolute Gasteiger partial charge is 0.350 e. The number of rotatable bonds is 3. The van der Waals surface area contributed by atoms with Gasteiger partial charge in [-0.25, -0.2) is 13.2 Å². The number of carbonyl (C=O) groups is 4. The van der Waals surface area contributed by atoms with E-state index in [1.165, 1.54) is 19.1 Å². The zero-order valence-corrected chi connectivity index (χ0v) is 14.5. The molecule has 10 heteroatoms. The molecule has 0 bridgehead atoms. The molecule has 3 heterocycles. The molecule has 0 aliphatic carbocycles. The van der Waals surface area contributed by atoms with Gasteiger partial charge in [-0.1, -0.05) is 12.1 Å². The highest BCUT2D eigenvalue weighted by molar-refractivity contribution is 7.94. The van der Waals surface area contributed by atoms with Gasteiger partial charge in [0.05, 0.1) is 23.5 Å². The van der Waals surface area contributed by atoms with E-state index in [2.05, 4.69) is 0 Å². The van der Waals surface area contributed by atoms with Gasteiger partial charge in [0.15, 0.2) is 15.9 Å². The Morgan fingerprint density at radius 2 is 1.77 bits per heavy atom. The Balaban J connectivity index is 1.87. The normalized spacial score (nSPS) is 28.7. The molecule has 0 saturated carbocycles. The summed E-state index contributed by atoms with van der Waals surface area (Å²) in [5.41, 5.74) is 0.135. The third-order valence-electron chi connectivity index (χ3n) is 4.98. The molecule has 0 aromatic heterocycles. The second-order valence-electron chi connectivity index (χ2n) is 6.15. The Bertz CT molecular complexity index is 951. The summed E-state index contributed by atoms with van der Waals surface area (Å²) < 4.78 is 30.3. The summed E-state index contributed by atoms with van der Waals surface area (Å²) in [7, 11) is -4.14. The van der Waals surface area contributed by atoms with Gasteiger partial charge in [-0.2, -0.15) is 0 Å². The number of nitrogens with zero attached hydrogens (tertiary/aromatic N) is 2. The summed E-state index contributed by atoms with van der Waals surface area (Å²) in [6, 6.07) is 4.18. The number of carbonyl (C=O) groups excluding carboxylic acids is 4. The maximum Gasteiger partial charge on any atom is 0.350 e. The molecule has 3 aliphatic heterocycles. The Hall–Kier alpha value is -2.75. The van der Waals surface area contributed by atoms with Crippen LogP contribution in [0.25, 0.3) is 0 Å². The number of fused-ring (bicyclic) bond motifs is 2. The van der Waals surface area contributed by atoms with Crippen molar-refractivity contribution in [3.63, 3.8) is 0 Å². The van der Waals surface area contributed by atoms with Crippen LogP contribution < -0.4 is 0 Å². The predicted molar refractivity (Wildman–Crippen MR) is 85.6 cm³/mol. The number of β-lactam (4-membered cyclic amide) rings is 1. The molecule has 0 radical (unpaired) electrons. The number of hydrogen-bond donors (Lipinski definition) is 0. The lowest BCUT2D eigenvalue weighted by Gasteiger charge is -2.51. The minimum absolute atomic E-state index is 0.0677. The van der Waals surface area contributed by atoms with Crippen molar-refractivity contribution < 1.29 is 32.3 Å². The van der Waals surface area contributed by atoms with E-state index in [0.29, 0.717) is 4.90 Å². The van der Waals surface area contributed by atoms with Crippen molar-refractivity contribution in [2.24, 2.45) is 0 Å². The molecule has 26 heavy (non-hydrogen) atoms. The molecule has 1 aromatic rings. The van der Waals surface area contributed by atoms with Crippen molar-refractivity contribution >= 4 is 33.5 Å². The standard InChI is InChI=1S/C16H14N2O7S/c1-2-25-15(22)16-11(14(21)17(16)7-8-26(16,23)24)18-12(19)9-5-3-4-6-10(9)13(18)20/h3-6,11H,2,7-8H2,1H3/t11-,16+/m0/s1. The molecule has 4 rings (SSSR count). The van der Waals surface area contributed by atoms with Gasteiger partial charge in [0, 0.05) is 6.54 Å². The van der Waals surface area contributed by atoms with Crippen LogP contribution in [-0.4, -0.2) is 71.7 Å². The van der Waals surface area contributed by atoms with Crippen molar-refractivity contribution in [2.45, 2.75) is 17.8 Å². The molecule has 2 atom stereocenters. The van der Waals surface area contributed by atoms with Crippen LogP contribution in [0.15, 0.2) is 24.3 Å². The monoisotopic (exact) mass is 378 g/mol. The zero-order chi connectivity index (χ0) is 18.9. The van der Waals surface area contributed by atoms with Gasteiger partial charge in [0.2, 0.25) is 0 Å². The van der Waals surface area contributed by atoms with E-state index in [0.717, 1.165) is 4.90 Å². The minimum Gasteiger partial charge on any atom is -0.463 e. The Morgan fingerprint density at radius 3 is 2.31 bits per heavy atom. The summed E-state index contributed by atoms with van der Waals surface area (Å²) >= 11 is 0. The van der Waals surface area contributed by atoms with Crippen LogP contribution in [0.2, 0.25) is 0 Å². The van der Waals surface area contributed by atoms with Gasteiger partial charge in [-0.05, 0) is 19.1 Å². The fourth-order valence-corrected chi connectivity index (χ4v) is 5.96. The van der Waals surface area contributed by atoms with Crippen LogP contribution in [0.5, 0.6) is 0 Å². The summed E-state index contributed by atoms with van der Waals surface area (Å²) in [5, 5.41) is 0. The Morgan fingerprint density at radius 1 is 1.19 bits per heavy atom. The fraction of sp³-hybridized carbons (Fsp3) is 0.375. The van der Waals surface area contributed by atoms with Crippen LogP contribution >= 0.6 is 0 Å². The molecule has 3 amide bonds. The van der Waals surface area contributed by atoms with Gasteiger partial charge >= 0.3 is 5.97 Å². The SMILES string of the molecule is CCOC(=O)[C@]12[C@@H](N3C(=O)c4ccccc4C3=O)C(=O)N1CCS2(=O)=O. The minimum atomic E-state index is -4.14. The highest BCUT2D eigenvalue weighted by Crippen LogP contribution is 2.47. The molecule has 0 N–H and O–H groups in total. The third-order valence-corrected chi connectivity index (χ3v) is 7.26. The van der Waals surface area contributed by atoms with Gasteiger partial charge in [-0.3, -0.25) is 19.3 Å². The fourth-order valence-electron chi connectivity index (χ4n) is 3.85. The highest BCUT2D eigenvalue weighted by atomic mass is 32.2. The van der Waals surface area contributed by atoms with E-state index >= 15 is 0 Å². The van der Waals surface area contributed by atoms with Crippen LogP contribution in [0, 0.1) is 0 Å².